The van der Waals surface area contributed by atoms with Crippen molar-refractivity contribution in [3.63, 3.8) is 0 Å². The normalized spacial score (nSPS) is 17.6. The lowest BCUT2D eigenvalue weighted by molar-refractivity contribution is -0.132. The van der Waals surface area contributed by atoms with Crippen molar-refractivity contribution in [1.29, 1.82) is 0 Å². The summed E-state index contributed by atoms with van der Waals surface area (Å²) in [6.45, 7) is 1.89. The van der Waals surface area contributed by atoms with Crippen molar-refractivity contribution in [3.05, 3.63) is 99.8 Å². The van der Waals surface area contributed by atoms with Crippen LogP contribution in [0.4, 0.5) is 10.1 Å². The molecule has 162 valence electrons. The minimum absolute atomic E-state index is 0.0747. The van der Waals surface area contributed by atoms with Crippen LogP contribution in [0.1, 0.15) is 22.7 Å². The summed E-state index contributed by atoms with van der Waals surface area (Å²) >= 11 is 6.09. The Kier molecular flexibility index (Phi) is 5.72. The Hall–Kier alpha value is -3.64. The number of Topliss-reactive ketones (excluding diaryl/α,β-unsaturated/α-hetero) is 1. The highest BCUT2D eigenvalue weighted by molar-refractivity contribution is 6.51. The first-order valence-electron chi connectivity index (χ1n) is 9.79. The largest absolute Gasteiger partial charge is 0.507 e. The molecule has 32 heavy (non-hydrogen) atoms. The maximum absolute atomic E-state index is 13.5. The first kappa shape index (κ1) is 21.6. The molecule has 0 saturated carbocycles. The zero-order valence-electron chi connectivity index (χ0n) is 17.3. The lowest BCUT2D eigenvalue weighted by atomic mass is 9.94. The fourth-order valence-electron chi connectivity index (χ4n) is 3.82. The fourth-order valence-corrected chi connectivity index (χ4v) is 4.01. The number of carbonyl (C=O) groups is 2. The number of ether oxygens (including phenoxy) is 1. The maximum Gasteiger partial charge on any atom is 0.300 e. The SMILES string of the molecule is COc1cc(/C(O)=C2/C(=O)C(=O)N(c3ccc(F)cc3)C2c2cccc(C)c2)ccc1Cl. The van der Waals surface area contributed by atoms with Gasteiger partial charge in [-0.05, 0) is 55.0 Å². The third-order valence-electron chi connectivity index (χ3n) is 5.33. The number of anilines is 1. The van der Waals surface area contributed by atoms with Gasteiger partial charge in [0.1, 0.15) is 17.3 Å². The quantitative estimate of drug-likeness (QED) is 0.326. The summed E-state index contributed by atoms with van der Waals surface area (Å²) in [5, 5.41) is 11.5. The number of hydrogen-bond donors (Lipinski definition) is 1. The molecule has 3 aromatic rings. The highest BCUT2D eigenvalue weighted by Gasteiger charge is 2.47. The lowest BCUT2D eigenvalue weighted by Gasteiger charge is -2.25. The van der Waals surface area contributed by atoms with Crippen LogP contribution < -0.4 is 9.64 Å². The molecule has 1 aliphatic rings. The van der Waals surface area contributed by atoms with Gasteiger partial charge in [-0.15, -0.1) is 0 Å². The van der Waals surface area contributed by atoms with Gasteiger partial charge < -0.3 is 9.84 Å². The van der Waals surface area contributed by atoms with Crippen LogP contribution in [-0.4, -0.2) is 23.9 Å². The lowest BCUT2D eigenvalue weighted by Crippen LogP contribution is -2.29. The molecule has 1 fully saturated rings. The van der Waals surface area contributed by atoms with E-state index in [0.29, 0.717) is 22.0 Å². The van der Waals surface area contributed by atoms with Crippen LogP contribution in [0.5, 0.6) is 5.75 Å². The number of carbonyl (C=O) groups excluding carboxylic acids is 2. The number of methoxy groups -OCH3 is 1. The highest BCUT2D eigenvalue weighted by atomic mass is 35.5. The van der Waals surface area contributed by atoms with E-state index in [0.717, 1.165) is 5.56 Å². The molecule has 0 bridgehead atoms. The van der Waals surface area contributed by atoms with E-state index in [1.807, 2.05) is 19.1 Å². The van der Waals surface area contributed by atoms with Crippen LogP contribution in [0.2, 0.25) is 5.02 Å². The van der Waals surface area contributed by atoms with Crippen LogP contribution >= 0.6 is 11.6 Å². The van der Waals surface area contributed by atoms with Gasteiger partial charge in [0.05, 0.1) is 23.7 Å². The third kappa shape index (κ3) is 3.74. The molecule has 3 aromatic carbocycles. The summed E-state index contributed by atoms with van der Waals surface area (Å²) in [4.78, 5) is 27.5. The van der Waals surface area contributed by atoms with E-state index >= 15 is 0 Å². The zero-order chi connectivity index (χ0) is 23.0. The smallest absolute Gasteiger partial charge is 0.300 e. The molecule has 0 aliphatic carbocycles. The molecule has 1 saturated heterocycles. The van der Waals surface area contributed by atoms with Crippen molar-refractivity contribution in [1.82, 2.24) is 0 Å². The number of aliphatic hydroxyl groups excluding tert-OH is 1. The molecule has 0 spiro atoms. The predicted molar refractivity (Wildman–Crippen MR) is 120 cm³/mol. The van der Waals surface area contributed by atoms with Crippen molar-refractivity contribution in [3.8, 4) is 5.75 Å². The summed E-state index contributed by atoms with van der Waals surface area (Å²) in [6, 6.07) is 16.3. The van der Waals surface area contributed by atoms with Gasteiger partial charge in [-0.3, -0.25) is 14.5 Å². The number of aliphatic hydroxyl groups is 1. The van der Waals surface area contributed by atoms with E-state index < -0.39 is 23.5 Å². The molecule has 1 unspecified atom stereocenters. The van der Waals surface area contributed by atoms with E-state index in [2.05, 4.69) is 0 Å². The number of nitrogens with zero attached hydrogens (tertiary/aromatic N) is 1. The number of amides is 1. The standard InChI is InChI=1S/C25H19ClFNO4/c1-14-4-3-5-15(12-14)22-21(23(29)16-6-11-19(26)20(13-16)32-2)24(30)25(31)28(22)18-9-7-17(27)8-10-18/h3-13,22,29H,1-2H3/b23-21-. The third-order valence-corrected chi connectivity index (χ3v) is 5.64. The van der Waals surface area contributed by atoms with Crippen molar-refractivity contribution < 1.29 is 23.8 Å². The Morgan fingerprint density at radius 1 is 1.06 bits per heavy atom. The van der Waals surface area contributed by atoms with Gasteiger partial charge in [0.25, 0.3) is 11.7 Å². The summed E-state index contributed by atoms with van der Waals surface area (Å²) in [5.74, 6) is -2.16. The average molecular weight is 452 g/mol. The monoisotopic (exact) mass is 451 g/mol. The minimum atomic E-state index is -0.901. The molecule has 1 amide bonds. The Balaban J connectivity index is 1.95. The van der Waals surface area contributed by atoms with Crippen molar-refractivity contribution in [2.45, 2.75) is 13.0 Å². The molecular weight excluding hydrogens is 433 g/mol. The van der Waals surface area contributed by atoms with Crippen molar-refractivity contribution >= 4 is 34.7 Å². The number of benzene rings is 3. The average Bonchev–Trinajstić information content (AvgIpc) is 3.05. The van der Waals surface area contributed by atoms with Crippen molar-refractivity contribution in [2.75, 3.05) is 12.0 Å². The second kappa shape index (κ2) is 8.48. The van der Waals surface area contributed by atoms with Crippen LogP contribution in [0.25, 0.3) is 5.76 Å². The Labute approximate surface area is 189 Å². The number of rotatable bonds is 4. The highest BCUT2D eigenvalue weighted by Crippen LogP contribution is 2.43. The predicted octanol–water partition coefficient (Wildman–Crippen LogP) is 5.42. The molecule has 0 radical (unpaired) electrons. The van der Waals surface area contributed by atoms with Gasteiger partial charge in [0, 0.05) is 11.3 Å². The van der Waals surface area contributed by atoms with Gasteiger partial charge in [-0.1, -0.05) is 41.4 Å². The molecule has 1 N–H and O–H groups in total. The molecule has 0 aromatic heterocycles. The molecule has 4 rings (SSSR count). The molecule has 7 heteroatoms. The number of ketones is 1. The Morgan fingerprint density at radius 3 is 2.44 bits per heavy atom. The summed E-state index contributed by atoms with van der Waals surface area (Å²) in [5.41, 5.74) is 2.10. The second-order valence-electron chi connectivity index (χ2n) is 7.41. The van der Waals surface area contributed by atoms with Crippen LogP contribution in [-0.2, 0) is 9.59 Å². The minimum Gasteiger partial charge on any atom is -0.507 e. The van der Waals surface area contributed by atoms with Crippen LogP contribution in [0.3, 0.4) is 0 Å². The number of hydrogen-bond acceptors (Lipinski definition) is 4. The van der Waals surface area contributed by atoms with Gasteiger partial charge in [0.15, 0.2) is 0 Å². The first-order valence-corrected chi connectivity index (χ1v) is 10.2. The van der Waals surface area contributed by atoms with E-state index in [-0.39, 0.29) is 16.9 Å². The van der Waals surface area contributed by atoms with Gasteiger partial charge in [-0.25, -0.2) is 4.39 Å². The van der Waals surface area contributed by atoms with E-state index in [1.54, 1.807) is 18.2 Å². The first-order chi connectivity index (χ1) is 15.3. The molecule has 1 heterocycles. The summed E-state index contributed by atoms with van der Waals surface area (Å²) < 4.78 is 18.7. The zero-order valence-corrected chi connectivity index (χ0v) is 18.1. The summed E-state index contributed by atoms with van der Waals surface area (Å²) in [6.07, 6.45) is 0. The van der Waals surface area contributed by atoms with Gasteiger partial charge in [-0.2, -0.15) is 0 Å². The number of aryl methyl sites for hydroxylation is 1. The molecular formula is C25H19ClFNO4. The van der Waals surface area contributed by atoms with E-state index in [1.165, 1.54) is 48.4 Å². The second-order valence-corrected chi connectivity index (χ2v) is 7.82. The summed E-state index contributed by atoms with van der Waals surface area (Å²) in [7, 11) is 1.44. The van der Waals surface area contributed by atoms with Gasteiger partial charge >= 0.3 is 0 Å². The van der Waals surface area contributed by atoms with Crippen LogP contribution in [0.15, 0.2) is 72.3 Å². The van der Waals surface area contributed by atoms with Crippen molar-refractivity contribution in [2.24, 2.45) is 0 Å². The van der Waals surface area contributed by atoms with E-state index in [9.17, 15) is 19.1 Å². The fraction of sp³-hybridized carbons (Fsp3) is 0.120. The molecule has 5 nitrogen and oxygen atoms in total. The Bertz CT molecular complexity index is 1250. The Morgan fingerprint density at radius 2 is 1.78 bits per heavy atom. The molecule has 1 aliphatic heterocycles. The van der Waals surface area contributed by atoms with Gasteiger partial charge in [0.2, 0.25) is 0 Å². The molecule has 1 atom stereocenters. The number of halogens is 2. The maximum atomic E-state index is 13.5. The van der Waals surface area contributed by atoms with Crippen LogP contribution in [0, 0.1) is 12.7 Å². The topological polar surface area (TPSA) is 66.8 Å². The van der Waals surface area contributed by atoms with E-state index in [4.69, 9.17) is 16.3 Å².